The summed E-state index contributed by atoms with van der Waals surface area (Å²) in [5, 5.41) is 10.5. The topological polar surface area (TPSA) is 40.5 Å². The van der Waals surface area contributed by atoms with E-state index in [1.54, 1.807) is 0 Å². The Kier molecular flexibility index (Phi) is 3.73. The van der Waals surface area contributed by atoms with Crippen molar-refractivity contribution in [2.75, 3.05) is 11.4 Å². The Morgan fingerprint density at radius 2 is 1.69 bits per heavy atom. The van der Waals surface area contributed by atoms with Gasteiger partial charge in [0.2, 0.25) is 0 Å². The minimum atomic E-state index is -0.835. The average molecular weight is 404 g/mol. The van der Waals surface area contributed by atoms with Crippen LogP contribution in [0.1, 0.15) is 57.8 Å². The summed E-state index contributed by atoms with van der Waals surface area (Å²) in [6.07, 6.45) is 11.2. The summed E-state index contributed by atoms with van der Waals surface area (Å²) in [4.78, 5) is 14.5. The molecule has 0 bridgehead atoms. The molecule has 4 aliphatic rings. The second-order valence-electron chi connectivity index (χ2n) is 8.76. The molecule has 0 unspecified atom stereocenters. The number of hydrogen-bond donors (Lipinski definition) is 1. The highest BCUT2D eigenvalue weighted by atomic mass is 35.5. The molecule has 5 atom stereocenters. The lowest BCUT2D eigenvalue weighted by Gasteiger charge is -2.51. The zero-order valence-corrected chi connectivity index (χ0v) is 16.7. The summed E-state index contributed by atoms with van der Waals surface area (Å²) >= 11 is 6.18. The molecule has 0 saturated carbocycles. The number of carboxylic acid groups (broad SMARTS) is 1. The molecule has 6 rings (SSSR count). The number of fused-ring (bicyclic) bond motifs is 4. The lowest BCUT2D eigenvalue weighted by molar-refractivity contribution is 0.0696. The molecule has 0 aromatic heterocycles. The Morgan fingerprint density at radius 1 is 1.00 bits per heavy atom. The van der Waals surface area contributed by atoms with Gasteiger partial charge in [-0.1, -0.05) is 48.0 Å². The maximum atomic E-state index is 11.9. The van der Waals surface area contributed by atoms with Gasteiger partial charge in [-0.2, -0.15) is 0 Å². The van der Waals surface area contributed by atoms with Crippen LogP contribution in [0.15, 0.2) is 60.7 Å². The molecule has 2 aromatic carbocycles. The van der Waals surface area contributed by atoms with Crippen LogP contribution in [0.2, 0.25) is 5.02 Å². The average Bonchev–Trinajstić information content (AvgIpc) is 3.38. The van der Waals surface area contributed by atoms with Crippen molar-refractivity contribution in [1.82, 2.24) is 0 Å². The first kappa shape index (κ1) is 17.3. The van der Waals surface area contributed by atoms with Gasteiger partial charge in [0, 0.05) is 29.1 Å². The van der Waals surface area contributed by atoms with Crippen molar-refractivity contribution < 1.29 is 9.90 Å². The Bertz CT molecular complexity index is 1050. The Labute approximate surface area is 175 Å². The van der Waals surface area contributed by atoms with Crippen LogP contribution in [0, 0.1) is 11.8 Å². The van der Waals surface area contributed by atoms with Crippen molar-refractivity contribution in [3.63, 3.8) is 0 Å². The maximum Gasteiger partial charge on any atom is 0.335 e. The molecule has 2 aliphatic heterocycles. The standard InChI is InChI=1S/C25H22ClNO2/c26-17-9-7-14(8-10-17)23-20-6-2-5-19(20)22-12-16(25(28)29)11-21-18-4-1-3-15(18)13-27(23)24(21)22/h1-2,4-5,7-12,15,18-20,23H,3,6,13H2,(H,28,29)/t15-,18+,19+,20-,23-/m0/s1. The molecule has 0 amide bonds. The lowest BCUT2D eigenvalue weighted by Crippen LogP contribution is -2.46. The Morgan fingerprint density at radius 3 is 2.45 bits per heavy atom. The maximum absolute atomic E-state index is 11.9. The van der Waals surface area contributed by atoms with E-state index in [4.69, 9.17) is 11.6 Å². The highest BCUT2D eigenvalue weighted by Gasteiger charge is 2.48. The normalized spacial score (nSPS) is 30.8. The van der Waals surface area contributed by atoms with Gasteiger partial charge in [0.05, 0.1) is 11.6 Å². The number of hydrogen-bond acceptors (Lipinski definition) is 2. The molecule has 0 spiro atoms. The number of aromatic carboxylic acids is 1. The fraction of sp³-hybridized carbons (Fsp3) is 0.320. The summed E-state index contributed by atoms with van der Waals surface area (Å²) in [7, 11) is 0. The molecule has 4 heteroatoms. The van der Waals surface area contributed by atoms with Gasteiger partial charge in [0.25, 0.3) is 0 Å². The highest BCUT2D eigenvalue weighted by Crippen LogP contribution is 2.58. The van der Waals surface area contributed by atoms with E-state index < -0.39 is 5.97 Å². The third-order valence-electron chi connectivity index (χ3n) is 7.31. The third-order valence-corrected chi connectivity index (χ3v) is 7.56. The molecule has 2 aliphatic carbocycles. The molecule has 0 fully saturated rings. The van der Waals surface area contributed by atoms with E-state index in [2.05, 4.69) is 41.3 Å². The van der Waals surface area contributed by atoms with Crippen LogP contribution >= 0.6 is 11.6 Å². The summed E-state index contributed by atoms with van der Waals surface area (Å²) in [5.74, 6) is 0.693. The van der Waals surface area contributed by atoms with E-state index in [-0.39, 0.29) is 12.0 Å². The van der Waals surface area contributed by atoms with Crippen LogP contribution in [-0.4, -0.2) is 17.6 Å². The Balaban J connectivity index is 1.59. The molecule has 29 heavy (non-hydrogen) atoms. The molecule has 0 saturated heterocycles. The number of halogens is 1. The summed E-state index contributed by atoms with van der Waals surface area (Å²) in [6.45, 7) is 1.01. The van der Waals surface area contributed by atoms with Gasteiger partial charge in [-0.25, -0.2) is 4.79 Å². The number of anilines is 1. The fourth-order valence-corrected chi connectivity index (χ4v) is 6.26. The fourth-order valence-electron chi connectivity index (χ4n) is 6.14. The van der Waals surface area contributed by atoms with Gasteiger partial charge in [0.15, 0.2) is 0 Å². The van der Waals surface area contributed by atoms with Crippen LogP contribution in [-0.2, 0) is 0 Å². The molecule has 2 heterocycles. The Hall–Kier alpha value is -2.52. The van der Waals surface area contributed by atoms with E-state index in [0.717, 1.165) is 24.4 Å². The second-order valence-corrected chi connectivity index (χ2v) is 9.20. The lowest BCUT2D eigenvalue weighted by atomic mass is 9.70. The number of benzene rings is 2. The molecular weight excluding hydrogens is 382 g/mol. The summed E-state index contributed by atoms with van der Waals surface area (Å²) < 4.78 is 0. The van der Waals surface area contributed by atoms with Crippen molar-refractivity contribution in [2.24, 2.45) is 11.8 Å². The van der Waals surface area contributed by atoms with Crippen LogP contribution < -0.4 is 4.90 Å². The minimum Gasteiger partial charge on any atom is -0.478 e. The van der Waals surface area contributed by atoms with E-state index in [1.165, 1.54) is 22.4 Å². The van der Waals surface area contributed by atoms with Crippen molar-refractivity contribution in [2.45, 2.75) is 30.7 Å². The molecule has 1 N–H and O–H groups in total. The van der Waals surface area contributed by atoms with Crippen molar-refractivity contribution in [3.8, 4) is 0 Å². The van der Waals surface area contributed by atoms with Gasteiger partial charge in [-0.3, -0.25) is 0 Å². The number of rotatable bonds is 2. The molecule has 2 aromatic rings. The molecule has 146 valence electrons. The van der Waals surface area contributed by atoms with Gasteiger partial charge in [-0.05, 0) is 65.6 Å². The SMILES string of the molecule is O=C(O)c1cc2c3c(c1)[C@@H]1C=CC[C@@H]1[C@H](c1ccc(Cl)cc1)N3C[C@@H]1CC=C[C@@H]21. The van der Waals surface area contributed by atoms with E-state index in [9.17, 15) is 9.90 Å². The van der Waals surface area contributed by atoms with Crippen LogP contribution in [0.5, 0.6) is 0 Å². The first-order valence-corrected chi connectivity index (χ1v) is 10.8. The van der Waals surface area contributed by atoms with Crippen LogP contribution in [0.4, 0.5) is 5.69 Å². The largest absolute Gasteiger partial charge is 0.478 e. The van der Waals surface area contributed by atoms with Crippen molar-refractivity contribution >= 4 is 23.3 Å². The van der Waals surface area contributed by atoms with Gasteiger partial charge < -0.3 is 10.0 Å². The highest BCUT2D eigenvalue weighted by molar-refractivity contribution is 6.30. The predicted octanol–water partition coefficient (Wildman–Crippen LogP) is 5.93. The van der Waals surface area contributed by atoms with Crippen LogP contribution in [0.3, 0.4) is 0 Å². The number of carboxylic acids is 1. The quantitative estimate of drug-likeness (QED) is 0.631. The summed E-state index contributed by atoms with van der Waals surface area (Å²) in [5.41, 5.74) is 5.39. The number of carbonyl (C=O) groups is 1. The molecule has 0 radical (unpaired) electrons. The third kappa shape index (κ3) is 2.47. The van der Waals surface area contributed by atoms with Gasteiger partial charge >= 0.3 is 5.97 Å². The number of allylic oxidation sites excluding steroid dienone is 4. The first-order chi connectivity index (χ1) is 14.1. The number of nitrogens with zero attached hydrogens (tertiary/aromatic N) is 1. The second kappa shape index (κ2) is 6.24. The van der Waals surface area contributed by atoms with Crippen molar-refractivity contribution in [3.05, 3.63) is 88.0 Å². The zero-order valence-electron chi connectivity index (χ0n) is 16.0. The van der Waals surface area contributed by atoms with Crippen LogP contribution in [0.25, 0.3) is 0 Å². The first-order valence-electron chi connectivity index (χ1n) is 10.4. The molecule has 3 nitrogen and oxygen atoms in total. The zero-order chi connectivity index (χ0) is 19.7. The monoisotopic (exact) mass is 403 g/mol. The van der Waals surface area contributed by atoms with E-state index in [1.807, 2.05) is 24.3 Å². The van der Waals surface area contributed by atoms with E-state index >= 15 is 0 Å². The molecular formula is C25H22ClNO2. The summed E-state index contributed by atoms with van der Waals surface area (Å²) in [6, 6.07) is 12.5. The minimum absolute atomic E-state index is 0.266. The van der Waals surface area contributed by atoms with Gasteiger partial charge in [-0.15, -0.1) is 0 Å². The predicted molar refractivity (Wildman–Crippen MR) is 115 cm³/mol. The van der Waals surface area contributed by atoms with Gasteiger partial charge in [0.1, 0.15) is 0 Å². The van der Waals surface area contributed by atoms with Crippen molar-refractivity contribution in [1.29, 1.82) is 0 Å². The van der Waals surface area contributed by atoms with E-state index in [0.29, 0.717) is 23.3 Å². The smallest absolute Gasteiger partial charge is 0.335 e.